The van der Waals surface area contributed by atoms with Crippen molar-refractivity contribution >= 4 is 23.0 Å². The molecule has 0 atom stereocenters. The maximum absolute atomic E-state index is 10.8. The highest BCUT2D eigenvalue weighted by Crippen LogP contribution is 2.29. The summed E-state index contributed by atoms with van der Waals surface area (Å²) in [5, 5.41) is 16.2. The zero-order valence-electron chi connectivity index (χ0n) is 9.40. The Morgan fingerprint density at radius 2 is 2.18 bits per heavy atom. The van der Waals surface area contributed by atoms with E-state index in [9.17, 15) is 14.9 Å². The van der Waals surface area contributed by atoms with E-state index < -0.39 is 4.92 Å². The number of amides is 1. The molecule has 0 unspecified atom stereocenters. The fourth-order valence-corrected chi connectivity index (χ4v) is 1.34. The summed E-state index contributed by atoms with van der Waals surface area (Å²) in [4.78, 5) is 20.9. The summed E-state index contributed by atoms with van der Waals surface area (Å²) < 4.78 is 0. The van der Waals surface area contributed by atoms with Gasteiger partial charge < -0.3 is 16.4 Å². The molecule has 0 saturated carbocycles. The molecule has 0 heterocycles. The van der Waals surface area contributed by atoms with Crippen molar-refractivity contribution < 1.29 is 9.72 Å². The van der Waals surface area contributed by atoms with Crippen molar-refractivity contribution in [2.45, 2.75) is 6.92 Å². The van der Waals surface area contributed by atoms with Crippen molar-refractivity contribution in [3.63, 3.8) is 0 Å². The average molecular weight is 238 g/mol. The van der Waals surface area contributed by atoms with E-state index >= 15 is 0 Å². The highest BCUT2D eigenvalue weighted by atomic mass is 16.6. The van der Waals surface area contributed by atoms with Gasteiger partial charge >= 0.3 is 5.69 Å². The van der Waals surface area contributed by atoms with Gasteiger partial charge in [-0.15, -0.1) is 0 Å². The number of nitrogens with two attached hydrogens (primary N) is 1. The minimum atomic E-state index is -0.532. The van der Waals surface area contributed by atoms with Crippen molar-refractivity contribution in [2.24, 2.45) is 0 Å². The lowest BCUT2D eigenvalue weighted by Gasteiger charge is -2.08. The molecule has 0 radical (unpaired) electrons. The van der Waals surface area contributed by atoms with Crippen LogP contribution >= 0.6 is 0 Å². The topological polar surface area (TPSA) is 110 Å². The van der Waals surface area contributed by atoms with Crippen LogP contribution in [0.1, 0.15) is 6.92 Å². The van der Waals surface area contributed by atoms with Crippen LogP contribution in [-0.4, -0.2) is 23.9 Å². The summed E-state index contributed by atoms with van der Waals surface area (Å²) in [5.74, 6) is -0.145. The van der Waals surface area contributed by atoms with E-state index in [2.05, 4.69) is 10.6 Å². The van der Waals surface area contributed by atoms with E-state index in [1.54, 1.807) is 12.1 Å². The third-order valence-electron chi connectivity index (χ3n) is 2.06. The van der Waals surface area contributed by atoms with E-state index in [1.807, 2.05) is 0 Å². The van der Waals surface area contributed by atoms with Gasteiger partial charge in [0.2, 0.25) is 5.91 Å². The van der Waals surface area contributed by atoms with Gasteiger partial charge in [-0.05, 0) is 12.1 Å². The zero-order chi connectivity index (χ0) is 12.8. The normalized spacial score (nSPS) is 9.71. The van der Waals surface area contributed by atoms with Gasteiger partial charge in [0.05, 0.1) is 4.92 Å². The van der Waals surface area contributed by atoms with Gasteiger partial charge in [-0.25, -0.2) is 0 Å². The monoisotopic (exact) mass is 238 g/mol. The summed E-state index contributed by atoms with van der Waals surface area (Å²) in [6.45, 7) is 2.19. The summed E-state index contributed by atoms with van der Waals surface area (Å²) in [7, 11) is 0. The van der Waals surface area contributed by atoms with Crippen LogP contribution in [0, 0.1) is 10.1 Å². The minimum Gasteiger partial charge on any atom is -0.393 e. The first kappa shape index (κ1) is 12.8. The number of carbonyl (C=O) groups excluding carboxylic acids is 1. The quantitative estimate of drug-likeness (QED) is 0.303. The number of carbonyl (C=O) groups is 1. The maximum atomic E-state index is 10.8. The van der Waals surface area contributed by atoms with E-state index in [1.165, 1.54) is 13.0 Å². The highest BCUT2D eigenvalue weighted by molar-refractivity contribution is 5.74. The molecule has 1 aromatic rings. The number of anilines is 2. The second-order valence-electron chi connectivity index (χ2n) is 3.41. The van der Waals surface area contributed by atoms with Crippen LogP contribution in [0.2, 0.25) is 0 Å². The van der Waals surface area contributed by atoms with Gasteiger partial charge in [0.15, 0.2) is 0 Å². The van der Waals surface area contributed by atoms with Crippen LogP contribution in [0.3, 0.4) is 0 Å². The van der Waals surface area contributed by atoms with Crippen LogP contribution in [0.4, 0.5) is 17.1 Å². The second kappa shape index (κ2) is 5.69. The van der Waals surface area contributed by atoms with E-state index in [0.717, 1.165) is 0 Å². The largest absolute Gasteiger partial charge is 0.393 e. The van der Waals surface area contributed by atoms with Crippen molar-refractivity contribution in [1.29, 1.82) is 0 Å². The standard InChI is InChI=1S/C10H14N4O3/c1-7(15)12-5-6-13-9-4-2-3-8(11)10(9)14(16)17/h2-4,13H,5-6,11H2,1H3,(H,12,15). The Labute approximate surface area is 98.1 Å². The molecule has 7 heteroatoms. The predicted octanol–water partition coefficient (Wildman–Crippen LogP) is 0.725. The highest BCUT2D eigenvalue weighted by Gasteiger charge is 2.16. The molecule has 1 amide bonds. The van der Waals surface area contributed by atoms with Crippen LogP contribution in [0.15, 0.2) is 18.2 Å². The third kappa shape index (κ3) is 3.63. The Morgan fingerprint density at radius 1 is 1.47 bits per heavy atom. The number of nitro benzene ring substituents is 1. The lowest BCUT2D eigenvalue weighted by atomic mass is 10.2. The fourth-order valence-electron chi connectivity index (χ4n) is 1.34. The molecule has 1 aromatic carbocycles. The number of benzene rings is 1. The fraction of sp³-hybridized carbons (Fsp3) is 0.300. The van der Waals surface area contributed by atoms with Crippen LogP contribution < -0.4 is 16.4 Å². The molecule has 0 aliphatic rings. The number of nitro groups is 1. The van der Waals surface area contributed by atoms with Gasteiger partial charge in [0.25, 0.3) is 0 Å². The molecular weight excluding hydrogens is 224 g/mol. The molecule has 0 aliphatic carbocycles. The first-order chi connectivity index (χ1) is 8.02. The van der Waals surface area contributed by atoms with Gasteiger partial charge in [-0.1, -0.05) is 6.07 Å². The zero-order valence-corrected chi connectivity index (χ0v) is 9.40. The Balaban J connectivity index is 2.67. The Kier molecular flexibility index (Phi) is 4.27. The van der Waals surface area contributed by atoms with E-state index in [4.69, 9.17) is 5.73 Å². The number of para-hydroxylation sites is 1. The number of hydrogen-bond donors (Lipinski definition) is 3. The number of nitrogens with zero attached hydrogens (tertiary/aromatic N) is 1. The smallest absolute Gasteiger partial charge is 0.314 e. The van der Waals surface area contributed by atoms with Crippen molar-refractivity contribution in [3.8, 4) is 0 Å². The van der Waals surface area contributed by atoms with Crippen molar-refractivity contribution in [3.05, 3.63) is 28.3 Å². The Bertz CT molecular complexity index is 434. The van der Waals surface area contributed by atoms with Gasteiger partial charge in [-0.2, -0.15) is 0 Å². The number of nitrogen functional groups attached to an aromatic ring is 1. The Morgan fingerprint density at radius 3 is 2.76 bits per heavy atom. The summed E-state index contributed by atoms with van der Waals surface area (Å²) in [6.07, 6.45) is 0. The van der Waals surface area contributed by atoms with E-state index in [-0.39, 0.29) is 17.3 Å². The first-order valence-electron chi connectivity index (χ1n) is 5.03. The Hall–Kier alpha value is -2.31. The lowest BCUT2D eigenvalue weighted by molar-refractivity contribution is -0.383. The molecule has 0 saturated heterocycles. The maximum Gasteiger partial charge on any atom is 0.314 e. The molecule has 17 heavy (non-hydrogen) atoms. The first-order valence-corrected chi connectivity index (χ1v) is 5.03. The summed E-state index contributed by atoms with van der Waals surface area (Å²) in [5.41, 5.74) is 5.84. The van der Waals surface area contributed by atoms with E-state index in [0.29, 0.717) is 18.8 Å². The van der Waals surface area contributed by atoms with Gasteiger partial charge in [0, 0.05) is 20.0 Å². The molecule has 0 fully saturated rings. The molecule has 1 rings (SSSR count). The van der Waals surface area contributed by atoms with Crippen molar-refractivity contribution in [2.75, 3.05) is 24.1 Å². The molecule has 0 bridgehead atoms. The SMILES string of the molecule is CC(=O)NCCNc1cccc(N)c1[N+](=O)[O-]. The van der Waals surface area contributed by atoms with Crippen LogP contribution in [-0.2, 0) is 4.79 Å². The van der Waals surface area contributed by atoms with Crippen molar-refractivity contribution in [1.82, 2.24) is 5.32 Å². The van der Waals surface area contributed by atoms with Gasteiger partial charge in [0.1, 0.15) is 11.4 Å². The summed E-state index contributed by atoms with van der Waals surface area (Å²) >= 11 is 0. The molecule has 4 N–H and O–H groups in total. The molecule has 0 spiro atoms. The van der Waals surface area contributed by atoms with Crippen LogP contribution in [0.25, 0.3) is 0 Å². The predicted molar refractivity (Wildman–Crippen MR) is 64.7 cm³/mol. The van der Waals surface area contributed by atoms with Crippen LogP contribution in [0.5, 0.6) is 0 Å². The molecule has 0 aliphatic heterocycles. The summed E-state index contributed by atoms with van der Waals surface area (Å²) in [6, 6.07) is 4.67. The number of nitrogens with one attached hydrogen (secondary N) is 2. The third-order valence-corrected chi connectivity index (χ3v) is 2.06. The molecular formula is C10H14N4O3. The number of rotatable bonds is 5. The second-order valence-corrected chi connectivity index (χ2v) is 3.41. The molecule has 7 nitrogen and oxygen atoms in total. The van der Waals surface area contributed by atoms with Gasteiger partial charge in [-0.3, -0.25) is 14.9 Å². The average Bonchev–Trinajstić information content (AvgIpc) is 2.23. The molecule has 92 valence electrons. The minimum absolute atomic E-state index is 0.111. The molecule has 0 aromatic heterocycles. The lowest BCUT2D eigenvalue weighted by Crippen LogP contribution is -2.26. The number of hydrogen-bond acceptors (Lipinski definition) is 5.